The van der Waals surface area contributed by atoms with Gasteiger partial charge in [0.25, 0.3) is 0 Å². The maximum absolute atomic E-state index is 13.7. The van der Waals surface area contributed by atoms with Crippen molar-refractivity contribution in [2.24, 2.45) is 0 Å². The minimum atomic E-state index is -0.212. The first kappa shape index (κ1) is 11.8. The summed E-state index contributed by atoms with van der Waals surface area (Å²) in [7, 11) is 0. The van der Waals surface area contributed by atoms with Crippen molar-refractivity contribution >= 4 is 11.0 Å². The van der Waals surface area contributed by atoms with Gasteiger partial charge >= 0.3 is 0 Å². The Morgan fingerprint density at radius 3 is 2.68 bits per heavy atom. The van der Waals surface area contributed by atoms with Crippen LogP contribution < -0.4 is 0 Å². The van der Waals surface area contributed by atoms with Crippen LogP contribution in [0, 0.1) is 19.7 Å². The minimum Gasteiger partial charge on any atom is -0.242 e. The number of fused-ring (bicyclic) bond motifs is 1. The maximum atomic E-state index is 13.7. The summed E-state index contributed by atoms with van der Waals surface area (Å²) in [6, 6.07) is 10.7. The topological polar surface area (TPSA) is 30.7 Å². The van der Waals surface area contributed by atoms with Gasteiger partial charge in [0.1, 0.15) is 5.82 Å². The molecule has 0 bridgehead atoms. The van der Waals surface area contributed by atoms with Gasteiger partial charge in [0, 0.05) is 16.6 Å². The number of hydrogen-bond acceptors (Lipinski definition) is 2. The molecule has 0 unspecified atom stereocenters. The van der Waals surface area contributed by atoms with Crippen molar-refractivity contribution < 1.29 is 4.39 Å². The first-order valence-electron chi connectivity index (χ1n) is 6.19. The highest BCUT2D eigenvalue weighted by atomic mass is 19.1. The highest BCUT2D eigenvalue weighted by molar-refractivity contribution is 5.78. The molecule has 0 aliphatic carbocycles. The summed E-state index contributed by atoms with van der Waals surface area (Å²) in [6.07, 6.45) is 0. The molecule has 0 saturated heterocycles. The Hall–Kier alpha value is -2.23. The second kappa shape index (κ2) is 4.46. The standard InChI is InChI=1S/C15H14FN3/c1-10-7-8-13-11(2)18-19(15(13)17-10)9-12-5-3-4-6-14(12)16/h3-8H,9H2,1-2H3. The van der Waals surface area contributed by atoms with E-state index in [-0.39, 0.29) is 5.82 Å². The molecule has 0 aliphatic heterocycles. The molecule has 0 fully saturated rings. The fraction of sp³-hybridized carbons (Fsp3) is 0.200. The summed E-state index contributed by atoms with van der Waals surface area (Å²) >= 11 is 0. The van der Waals surface area contributed by atoms with Gasteiger partial charge in [-0.15, -0.1) is 0 Å². The van der Waals surface area contributed by atoms with Crippen molar-refractivity contribution in [3.8, 4) is 0 Å². The molecular weight excluding hydrogens is 241 g/mol. The quantitative estimate of drug-likeness (QED) is 0.703. The van der Waals surface area contributed by atoms with E-state index in [9.17, 15) is 4.39 Å². The molecule has 0 saturated carbocycles. The predicted octanol–water partition coefficient (Wildman–Crippen LogP) is 3.24. The van der Waals surface area contributed by atoms with Crippen LogP contribution in [-0.4, -0.2) is 14.8 Å². The maximum Gasteiger partial charge on any atom is 0.158 e. The number of hydrogen-bond donors (Lipinski definition) is 0. The molecule has 1 aromatic carbocycles. The van der Waals surface area contributed by atoms with Crippen LogP contribution in [0.3, 0.4) is 0 Å². The fourth-order valence-electron chi connectivity index (χ4n) is 2.20. The third kappa shape index (κ3) is 2.10. The Balaban J connectivity index is 2.11. The molecule has 96 valence electrons. The third-order valence-corrected chi connectivity index (χ3v) is 3.20. The van der Waals surface area contributed by atoms with Gasteiger partial charge in [0.2, 0.25) is 0 Å². The van der Waals surface area contributed by atoms with Crippen LogP contribution in [0.2, 0.25) is 0 Å². The van der Waals surface area contributed by atoms with Crippen LogP contribution in [0.1, 0.15) is 17.0 Å². The Morgan fingerprint density at radius 1 is 1.11 bits per heavy atom. The Bertz CT molecular complexity index is 746. The number of benzene rings is 1. The van der Waals surface area contributed by atoms with Gasteiger partial charge in [-0.1, -0.05) is 18.2 Å². The number of rotatable bonds is 2. The van der Waals surface area contributed by atoms with E-state index in [2.05, 4.69) is 10.1 Å². The minimum absolute atomic E-state index is 0.212. The van der Waals surface area contributed by atoms with Crippen LogP contribution in [0.15, 0.2) is 36.4 Å². The first-order valence-corrected chi connectivity index (χ1v) is 6.19. The van der Waals surface area contributed by atoms with Gasteiger partial charge < -0.3 is 0 Å². The van der Waals surface area contributed by atoms with Gasteiger partial charge in [-0.25, -0.2) is 14.1 Å². The fourth-order valence-corrected chi connectivity index (χ4v) is 2.20. The highest BCUT2D eigenvalue weighted by Gasteiger charge is 2.10. The molecule has 2 aromatic heterocycles. The molecule has 0 atom stereocenters. The number of aromatic nitrogens is 3. The van der Waals surface area contributed by atoms with Gasteiger partial charge in [-0.3, -0.25) is 0 Å². The normalized spacial score (nSPS) is 11.1. The smallest absolute Gasteiger partial charge is 0.158 e. The largest absolute Gasteiger partial charge is 0.242 e. The number of pyridine rings is 1. The SMILES string of the molecule is Cc1ccc2c(C)nn(Cc3ccccc3F)c2n1. The lowest BCUT2D eigenvalue weighted by molar-refractivity contribution is 0.588. The monoisotopic (exact) mass is 255 g/mol. The van der Waals surface area contributed by atoms with Crippen LogP contribution in [0.4, 0.5) is 4.39 Å². The Kier molecular flexibility index (Phi) is 2.78. The summed E-state index contributed by atoms with van der Waals surface area (Å²) in [6.45, 7) is 4.28. The van der Waals surface area contributed by atoms with E-state index in [1.165, 1.54) is 6.07 Å². The van der Waals surface area contributed by atoms with Gasteiger partial charge in [0.05, 0.1) is 12.2 Å². The lowest BCUT2D eigenvalue weighted by Gasteiger charge is -2.04. The van der Waals surface area contributed by atoms with E-state index < -0.39 is 0 Å². The van der Waals surface area contributed by atoms with E-state index in [0.29, 0.717) is 12.1 Å². The number of halogens is 1. The molecular formula is C15H14FN3. The lowest BCUT2D eigenvalue weighted by Crippen LogP contribution is -2.05. The number of nitrogens with zero attached hydrogens (tertiary/aromatic N) is 3. The second-order valence-electron chi connectivity index (χ2n) is 4.66. The molecule has 4 heteroatoms. The van der Waals surface area contributed by atoms with E-state index in [1.54, 1.807) is 16.8 Å². The molecule has 0 N–H and O–H groups in total. The van der Waals surface area contributed by atoms with Gasteiger partial charge in [-0.2, -0.15) is 5.10 Å². The summed E-state index contributed by atoms with van der Waals surface area (Å²) < 4.78 is 15.5. The Morgan fingerprint density at radius 2 is 1.89 bits per heavy atom. The average molecular weight is 255 g/mol. The molecule has 0 aliphatic rings. The molecule has 3 rings (SSSR count). The van der Waals surface area contributed by atoms with Crippen LogP contribution >= 0.6 is 0 Å². The summed E-state index contributed by atoms with van der Waals surface area (Å²) in [5.41, 5.74) is 3.27. The van der Waals surface area contributed by atoms with Crippen molar-refractivity contribution in [3.05, 3.63) is 59.2 Å². The first-order chi connectivity index (χ1) is 9.15. The zero-order valence-electron chi connectivity index (χ0n) is 10.9. The average Bonchev–Trinajstić information content (AvgIpc) is 2.69. The summed E-state index contributed by atoms with van der Waals surface area (Å²) in [4.78, 5) is 4.50. The van der Waals surface area contributed by atoms with E-state index in [0.717, 1.165) is 22.4 Å². The lowest BCUT2D eigenvalue weighted by atomic mass is 10.2. The summed E-state index contributed by atoms with van der Waals surface area (Å²) in [5.74, 6) is -0.212. The molecule has 0 spiro atoms. The molecule has 3 nitrogen and oxygen atoms in total. The van der Waals surface area contributed by atoms with Crippen molar-refractivity contribution in [3.63, 3.8) is 0 Å². The van der Waals surface area contributed by atoms with Crippen LogP contribution in [0.5, 0.6) is 0 Å². The molecule has 0 amide bonds. The van der Waals surface area contributed by atoms with Gasteiger partial charge in [-0.05, 0) is 32.0 Å². The zero-order chi connectivity index (χ0) is 13.4. The van der Waals surface area contributed by atoms with Gasteiger partial charge in [0.15, 0.2) is 5.65 Å². The van der Waals surface area contributed by atoms with Crippen molar-refractivity contribution in [1.82, 2.24) is 14.8 Å². The molecule has 0 radical (unpaired) electrons. The zero-order valence-corrected chi connectivity index (χ0v) is 10.9. The van der Waals surface area contributed by atoms with Crippen LogP contribution in [0.25, 0.3) is 11.0 Å². The van der Waals surface area contributed by atoms with Crippen LogP contribution in [-0.2, 0) is 6.54 Å². The molecule has 19 heavy (non-hydrogen) atoms. The third-order valence-electron chi connectivity index (χ3n) is 3.20. The molecule has 2 heterocycles. The van der Waals surface area contributed by atoms with E-state index in [4.69, 9.17) is 0 Å². The summed E-state index contributed by atoms with van der Waals surface area (Å²) in [5, 5.41) is 5.47. The number of aryl methyl sites for hydroxylation is 2. The highest BCUT2D eigenvalue weighted by Crippen LogP contribution is 2.18. The van der Waals surface area contributed by atoms with E-state index in [1.807, 2.05) is 32.0 Å². The van der Waals surface area contributed by atoms with Crippen molar-refractivity contribution in [1.29, 1.82) is 0 Å². The second-order valence-corrected chi connectivity index (χ2v) is 4.66. The van der Waals surface area contributed by atoms with Crippen molar-refractivity contribution in [2.75, 3.05) is 0 Å². The predicted molar refractivity (Wildman–Crippen MR) is 72.5 cm³/mol. The van der Waals surface area contributed by atoms with Crippen molar-refractivity contribution in [2.45, 2.75) is 20.4 Å². The molecule has 3 aromatic rings. The van der Waals surface area contributed by atoms with E-state index >= 15 is 0 Å². The Labute approximate surface area is 110 Å².